The summed E-state index contributed by atoms with van der Waals surface area (Å²) in [4.78, 5) is 11.3. The second kappa shape index (κ2) is 5.21. The zero-order valence-electron chi connectivity index (χ0n) is 8.49. The van der Waals surface area contributed by atoms with Gasteiger partial charge in [0.1, 0.15) is 12.4 Å². The van der Waals surface area contributed by atoms with Gasteiger partial charge in [0, 0.05) is 12.7 Å². The number of hydrogen-bond acceptors (Lipinski definition) is 4. The maximum atomic E-state index is 11.3. The average Bonchev–Trinajstić information content (AvgIpc) is 2.19. The molecule has 0 fully saturated rings. The number of nitrogen functional groups attached to an aromatic ring is 1. The quantitative estimate of drug-likeness (QED) is 0.510. The molecule has 4 N–H and O–H groups in total. The van der Waals surface area contributed by atoms with Crippen molar-refractivity contribution in [1.29, 1.82) is 0 Å². The predicted molar refractivity (Wildman–Crippen MR) is 57.6 cm³/mol. The van der Waals surface area contributed by atoms with Crippen molar-refractivity contribution >= 4 is 17.3 Å². The van der Waals surface area contributed by atoms with Crippen LogP contribution in [0.2, 0.25) is 0 Å². The van der Waals surface area contributed by atoms with Gasteiger partial charge in [0.25, 0.3) is 0 Å². The number of anilines is 2. The van der Waals surface area contributed by atoms with Crippen molar-refractivity contribution in [2.75, 3.05) is 24.3 Å². The first-order chi connectivity index (χ1) is 7.13. The highest BCUT2D eigenvalue weighted by molar-refractivity contribution is 5.94. The lowest BCUT2D eigenvalue weighted by Gasteiger charge is -2.08. The number of benzene rings is 1. The number of phenols is 1. The third-order valence-electron chi connectivity index (χ3n) is 1.75. The largest absolute Gasteiger partial charge is 0.508 e. The molecule has 15 heavy (non-hydrogen) atoms. The van der Waals surface area contributed by atoms with Crippen LogP contribution in [0.25, 0.3) is 0 Å². The highest BCUT2D eigenvalue weighted by Gasteiger charge is 2.05. The third kappa shape index (κ3) is 3.47. The molecular formula is C10H14N2O3. The van der Waals surface area contributed by atoms with Gasteiger partial charge in [-0.1, -0.05) is 0 Å². The first-order valence-electron chi connectivity index (χ1n) is 4.59. The molecule has 0 aliphatic heterocycles. The fourth-order valence-corrected chi connectivity index (χ4v) is 1.05. The van der Waals surface area contributed by atoms with E-state index in [1.54, 1.807) is 0 Å². The van der Waals surface area contributed by atoms with Crippen LogP contribution in [0.1, 0.15) is 6.92 Å². The van der Waals surface area contributed by atoms with E-state index in [1.807, 2.05) is 6.92 Å². The minimum Gasteiger partial charge on any atom is -0.508 e. The summed E-state index contributed by atoms with van der Waals surface area (Å²) >= 11 is 0. The second-order valence-electron chi connectivity index (χ2n) is 2.96. The van der Waals surface area contributed by atoms with E-state index in [1.165, 1.54) is 18.2 Å². The molecule has 1 aromatic rings. The lowest BCUT2D eigenvalue weighted by Crippen LogP contribution is -2.18. The van der Waals surface area contributed by atoms with Crippen LogP contribution in [0.4, 0.5) is 11.4 Å². The zero-order valence-corrected chi connectivity index (χ0v) is 8.49. The van der Waals surface area contributed by atoms with E-state index in [-0.39, 0.29) is 18.3 Å². The summed E-state index contributed by atoms with van der Waals surface area (Å²) in [6.45, 7) is 2.29. The summed E-state index contributed by atoms with van der Waals surface area (Å²) in [6.07, 6.45) is 0. The Morgan fingerprint density at radius 1 is 1.60 bits per heavy atom. The maximum absolute atomic E-state index is 11.3. The van der Waals surface area contributed by atoms with E-state index in [4.69, 9.17) is 15.6 Å². The molecule has 0 aliphatic carbocycles. The van der Waals surface area contributed by atoms with Gasteiger partial charge in [-0.2, -0.15) is 0 Å². The Hall–Kier alpha value is -1.75. The Balaban J connectivity index is 2.60. The number of carbonyl (C=O) groups excluding carboxylic acids is 1. The van der Waals surface area contributed by atoms with Crippen LogP contribution < -0.4 is 11.1 Å². The lowest BCUT2D eigenvalue weighted by atomic mass is 10.2. The van der Waals surface area contributed by atoms with Crippen LogP contribution in [0.5, 0.6) is 5.75 Å². The van der Waals surface area contributed by atoms with Crippen LogP contribution in [0, 0.1) is 0 Å². The monoisotopic (exact) mass is 210 g/mol. The fourth-order valence-electron chi connectivity index (χ4n) is 1.05. The number of carbonyl (C=O) groups is 1. The summed E-state index contributed by atoms with van der Waals surface area (Å²) in [6, 6.07) is 4.36. The topological polar surface area (TPSA) is 84.6 Å². The van der Waals surface area contributed by atoms with Crippen molar-refractivity contribution in [3.63, 3.8) is 0 Å². The highest BCUT2D eigenvalue weighted by Crippen LogP contribution is 2.22. The van der Waals surface area contributed by atoms with E-state index in [0.29, 0.717) is 18.0 Å². The Kier molecular flexibility index (Phi) is 3.93. The molecule has 1 rings (SSSR count). The number of rotatable bonds is 4. The van der Waals surface area contributed by atoms with E-state index < -0.39 is 0 Å². The van der Waals surface area contributed by atoms with Gasteiger partial charge in [-0.25, -0.2) is 0 Å². The molecule has 5 nitrogen and oxygen atoms in total. The SMILES string of the molecule is CCOCC(=O)Nc1ccc(O)cc1N. The van der Waals surface area contributed by atoms with Crippen molar-refractivity contribution in [1.82, 2.24) is 0 Å². The van der Waals surface area contributed by atoms with Crippen molar-refractivity contribution in [2.24, 2.45) is 0 Å². The first kappa shape index (κ1) is 11.3. The predicted octanol–water partition coefficient (Wildman–Crippen LogP) is 0.949. The van der Waals surface area contributed by atoms with E-state index in [9.17, 15) is 4.79 Å². The number of phenolic OH excluding ortho intramolecular Hbond substituents is 1. The van der Waals surface area contributed by atoms with E-state index >= 15 is 0 Å². The molecule has 0 atom stereocenters. The van der Waals surface area contributed by atoms with Crippen LogP contribution >= 0.6 is 0 Å². The van der Waals surface area contributed by atoms with Gasteiger partial charge in [-0.3, -0.25) is 4.79 Å². The van der Waals surface area contributed by atoms with Gasteiger partial charge in [0.15, 0.2) is 0 Å². The van der Waals surface area contributed by atoms with E-state index in [2.05, 4.69) is 5.32 Å². The summed E-state index contributed by atoms with van der Waals surface area (Å²) in [5, 5.41) is 11.7. The van der Waals surface area contributed by atoms with Crippen LogP contribution in [0.15, 0.2) is 18.2 Å². The summed E-state index contributed by atoms with van der Waals surface area (Å²) in [5.74, 6) is -0.204. The molecule has 0 spiro atoms. The van der Waals surface area contributed by atoms with Gasteiger partial charge in [0.2, 0.25) is 5.91 Å². The molecule has 0 saturated carbocycles. The number of hydrogen-bond donors (Lipinski definition) is 3. The molecular weight excluding hydrogens is 196 g/mol. The number of nitrogens with one attached hydrogen (secondary N) is 1. The van der Waals surface area contributed by atoms with Crippen molar-refractivity contribution in [3.05, 3.63) is 18.2 Å². The molecule has 0 aliphatic rings. The van der Waals surface area contributed by atoms with Crippen LogP contribution in [-0.2, 0) is 9.53 Å². The minimum atomic E-state index is -0.269. The smallest absolute Gasteiger partial charge is 0.250 e. The third-order valence-corrected chi connectivity index (χ3v) is 1.75. The first-order valence-corrected chi connectivity index (χ1v) is 4.59. The molecule has 0 radical (unpaired) electrons. The van der Waals surface area contributed by atoms with Gasteiger partial charge < -0.3 is 20.9 Å². The molecule has 0 bridgehead atoms. The summed E-state index contributed by atoms with van der Waals surface area (Å²) < 4.78 is 4.93. The minimum absolute atomic E-state index is 0.00316. The number of ether oxygens (including phenoxy) is 1. The fraction of sp³-hybridized carbons (Fsp3) is 0.300. The van der Waals surface area contributed by atoms with Gasteiger partial charge in [-0.15, -0.1) is 0 Å². The Bertz CT molecular complexity index is 353. The van der Waals surface area contributed by atoms with Crippen molar-refractivity contribution in [2.45, 2.75) is 6.92 Å². The lowest BCUT2D eigenvalue weighted by molar-refractivity contribution is -0.120. The average molecular weight is 210 g/mol. The molecule has 0 heterocycles. The molecule has 1 amide bonds. The zero-order chi connectivity index (χ0) is 11.3. The van der Waals surface area contributed by atoms with Gasteiger partial charge in [-0.05, 0) is 19.1 Å². The number of nitrogens with two attached hydrogens (primary N) is 1. The molecule has 82 valence electrons. The van der Waals surface area contributed by atoms with Crippen LogP contribution in [-0.4, -0.2) is 24.2 Å². The molecule has 1 aromatic carbocycles. The second-order valence-corrected chi connectivity index (χ2v) is 2.96. The van der Waals surface area contributed by atoms with Gasteiger partial charge in [0.05, 0.1) is 11.4 Å². The normalized spacial score (nSPS) is 9.93. The van der Waals surface area contributed by atoms with Crippen molar-refractivity contribution in [3.8, 4) is 5.75 Å². The standard InChI is InChI=1S/C10H14N2O3/c1-2-15-6-10(14)12-9-4-3-7(13)5-8(9)11/h3-5,13H,2,6,11H2,1H3,(H,12,14). The van der Waals surface area contributed by atoms with Crippen molar-refractivity contribution < 1.29 is 14.6 Å². The number of aromatic hydroxyl groups is 1. The maximum Gasteiger partial charge on any atom is 0.250 e. The van der Waals surface area contributed by atoms with Crippen LogP contribution in [0.3, 0.4) is 0 Å². The molecule has 0 aromatic heterocycles. The molecule has 0 unspecified atom stereocenters. The Morgan fingerprint density at radius 3 is 2.93 bits per heavy atom. The van der Waals surface area contributed by atoms with Gasteiger partial charge >= 0.3 is 0 Å². The van der Waals surface area contributed by atoms with E-state index in [0.717, 1.165) is 0 Å². The molecule has 0 saturated heterocycles. The Labute approximate surface area is 87.9 Å². The number of amides is 1. The Morgan fingerprint density at radius 2 is 2.33 bits per heavy atom. The molecule has 5 heteroatoms. The highest BCUT2D eigenvalue weighted by atomic mass is 16.5. The summed E-state index contributed by atoms with van der Waals surface area (Å²) in [7, 11) is 0. The summed E-state index contributed by atoms with van der Waals surface area (Å²) in [5.41, 5.74) is 6.37.